The van der Waals surface area contributed by atoms with Gasteiger partial charge in [0.1, 0.15) is 0 Å². The van der Waals surface area contributed by atoms with E-state index in [0.717, 1.165) is 10.5 Å². The lowest BCUT2D eigenvalue weighted by molar-refractivity contribution is 0.552. The van der Waals surface area contributed by atoms with Gasteiger partial charge in [-0.1, -0.05) is 25.0 Å². The van der Waals surface area contributed by atoms with Crippen molar-refractivity contribution in [2.45, 2.75) is 55.9 Å². The van der Waals surface area contributed by atoms with E-state index in [4.69, 9.17) is 0 Å². The van der Waals surface area contributed by atoms with Crippen LogP contribution >= 0.6 is 11.8 Å². The highest BCUT2D eigenvalue weighted by atomic mass is 32.2. The molecule has 0 aromatic heterocycles. The SMILES string of the molecule is CCC=C1CC2CCCC(C1)S2. The molecule has 2 aliphatic rings. The first-order valence-corrected chi connectivity index (χ1v) is 6.16. The first-order chi connectivity index (χ1) is 5.88. The molecule has 0 spiro atoms. The molecule has 1 heteroatoms. The Morgan fingerprint density at radius 1 is 1.33 bits per heavy atom. The average molecular weight is 182 g/mol. The van der Waals surface area contributed by atoms with Gasteiger partial charge in [0.2, 0.25) is 0 Å². The Bertz CT molecular complexity index is 169. The first-order valence-electron chi connectivity index (χ1n) is 5.22. The zero-order valence-corrected chi connectivity index (χ0v) is 8.70. The summed E-state index contributed by atoms with van der Waals surface area (Å²) in [6.07, 6.45) is 10.9. The van der Waals surface area contributed by atoms with Gasteiger partial charge in [0.25, 0.3) is 0 Å². The molecule has 2 rings (SSSR count). The van der Waals surface area contributed by atoms with Crippen molar-refractivity contribution in [1.82, 2.24) is 0 Å². The number of rotatable bonds is 1. The molecule has 2 aliphatic heterocycles. The summed E-state index contributed by atoms with van der Waals surface area (Å²) in [5.41, 5.74) is 1.76. The predicted molar refractivity (Wildman–Crippen MR) is 56.6 cm³/mol. The van der Waals surface area contributed by atoms with Crippen molar-refractivity contribution in [3.63, 3.8) is 0 Å². The largest absolute Gasteiger partial charge is 0.154 e. The summed E-state index contributed by atoms with van der Waals surface area (Å²) in [6.45, 7) is 2.25. The minimum absolute atomic E-state index is 0.982. The van der Waals surface area contributed by atoms with Gasteiger partial charge >= 0.3 is 0 Å². The molecule has 0 aromatic carbocycles. The molecule has 0 N–H and O–H groups in total. The summed E-state index contributed by atoms with van der Waals surface area (Å²) in [5, 5.41) is 1.96. The highest BCUT2D eigenvalue weighted by Crippen LogP contribution is 2.43. The number of allylic oxidation sites excluding steroid dienone is 2. The molecule has 2 atom stereocenters. The van der Waals surface area contributed by atoms with E-state index in [2.05, 4.69) is 24.8 Å². The molecule has 0 nitrogen and oxygen atoms in total. The molecule has 2 heterocycles. The van der Waals surface area contributed by atoms with Crippen molar-refractivity contribution in [3.8, 4) is 0 Å². The third kappa shape index (κ3) is 1.87. The third-order valence-electron chi connectivity index (χ3n) is 2.91. The van der Waals surface area contributed by atoms with Gasteiger partial charge in [-0.25, -0.2) is 0 Å². The maximum absolute atomic E-state index is 2.46. The number of hydrogen-bond donors (Lipinski definition) is 0. The van der Waals surface area contributed by atoms with Crippen LogP contribution in [0.4, 0.5) is 0 Å². The van der Waals surface area contributed by atoms with Crippen LogP contribution in [0.2, 0.25) is 0 Å². The molecule has 12 heavy (non-hydrogen) atoms. The van der Waals surface area contributed by atoms with E-state index >= 15 is 0 Å². The molecule has 2 fully saturated rings. The summed E-state index contributed by atoms with van der Waals surface area (Å²) in [4.78, 5) is 0. The monoisotopic (exact) mass is 182 g/mol. The summed E-state index contributed by atoms with van der Waals surface area (Å²) < 4.78 is 0. The Kier molecular flexibility index (Phi) is 2.80. The van der Waals surface area contributed by atoms with E-state index in [-0.39, 0.29) is 0 Å². The molecule has 0 saturated carbocycles. The lowest BCUT2D eigenvalue weighted by Crippen LogP contribution is -2.24. The van der Waals surface area contributed by atoms with Crippen molar-refractivity contribution < 1.29 is 0 Å². The van der Waals surface area contributed by atoms with Crippen LogP contribution in [0.5, 0.6) is 0 Å². The zero-order chi connectivity index (χ0) is 8.39. The van der Waals surface area contributed by atoms with Crippen LogP contribution in [-0.4, -0.2) is 10.5 Å². The second-order valence-electron chi connectivity index (χ2n) is 3.99. The van der Waals surface area contributed by atoms with Gasteiger partial charge in [-0.05, 0) is 32.1 Å². The van der Waals surface area contributed by atoms with Crippen molar-refractivity contribution in [2.24, 2.45) is 0 Å². The van der Waals surface area contributed by atoms with Crippen molar-refractivity contribution in [2.75, 3.05) is 0 Å². The van der Waals surface area contributed by atoms with E-state index in [1.54, 1.807) is 5.57 Å². The van der Waals surface area contributed by atoms with Crippen molar-refractivity contribution in [1.29, 1.82) is 0 Å². The van der Waals surface area contributed by atoms with Crippen LogP contribution in [0.3, 0.4) is 0 Å². The Morgan fingerprint density at radius 3 is 2.58 bits per heavy atom. The molecular weight excluding hydrogens is 164 g/mol. The van der Waals surface area contributed by atoms with E-state index in [0.29, 0.717) is 0 Å². The molecule has 0 aromatic rings. The summed E-state index contributed by atoms with van der Waals surface area (Å²) in [5.74, 6) is 0. The Hall–Kier alpha value is 0.0900. The minimum atomic E-state index is 0.982. The lowest BCUT2D eigenvalue weighted by Gasteiger charge is -2.35. The molecule has 0 radical (unpaired) electrons. The fourth-order valence-corrected chi connectivity index (χ4v) is 4.18. The summed E-state index contributed by atoms with van der Waals surface area (Å²) >= 11 is 2.26. The fraction of sp³-hybridized carbons (Fsp3) is 0.818. The topological polar surface area (TPSA) is 0 Å². The van der Waals surface area contributed by atoms with Crippen LogP contribution in [0.15, 0.2) is 11.6 Å². The van der Waals surface area contributed by atoms with E-state index in [1.165, 1.54) is 38.5 Å². The van der Waals surface area contributed by atoms with Gasteiger partial charge < -0.3 is 0 Å². The fourth-order valence-electron chi connectivity index (χ4n) is 2.41. The quantitative estimate of drug-likeness (QED) is 0.556. The second-order valence-corrected chi connectivity index (χ2v) is 5.60. The highest BCUT2D eigenvalue weighted by Gasteiger charge is 2.28. The Labute approximate surface area is 79.8 Å². The maximum atomic E-state index is 2.46. The molecule has 0 aliphatic carbocycles. The van der Waals surface area contributed by atoms with Crippen LogP contribution in [0, 0.1) is 0 Å². The molecule has 2 unspecified atom stereocenters. The van der Waals surface area contributed by atoms with Gasteiger partial charge in [-0.3, -0.25) is 0 Å². The lowest BCUT2D eigenvalue weighted by atomic mass is 9.94. The third-order valence-corrected chi connectivity index (χ3v) is 4.48. The molecular formula is C11H18S. The second kappa shape index (κ2) is 3.87. The molecule has 68 valence electrons. The summed E-state index contributed by atoms with van der Waals surface area (Å²) in [7, 11) is 0. The summed E-state index contributed by atoms with van der Waals surface area (Å²) in [6, 6.07) is 0. The van der Waals surface area contributed by atoms with Gasteiger partial charge in [-0.15, -0.1) is 0 Å². The van der Waals surface area contributed by atoms with Gasteiger partial charge in [0, 0.05) is 10.5 Å². The van der Waals surface area contributed by atoms with Gasteiger partial charge in [0.15, 0.2) is 0 Å². The molecule has 0 amide bonds. The van der Waals surface area contributed by atoms with Crippen LogP contribution in [0.25, 0.3) is 0 Å². The van der Waals surface area contributed by atoms with Crippen LogP contribution < -0.4 is 0 Å². The van der Waals surface area contributed by atoms with E-state index in [1.807, 2.05) is 0 Å². The average Bonchev–Trinajstić information content (AvgIpc) is 2.04. The highest BCUT2D eigenvalue weighted by molar-refractivity contribution is 8.00. The molecule has 2 bridgehead atoms. The zero-order valence-electron chi connectivity index (χ0n) is 7.88. The standard InChI is InChI=1S/C11H18S/c1-2-4-9-7-10-5-3-6-11(8-9)12-10/h4,10-11H,2-3,5-8H2,1H3. The number of hydrogen-bond acceptors (Lipinski definition) is 1. The first kappa shape index (κ1) is 8.68. The molecule has 2 saturated heterocycles. The van der Waals surface area contributed by atoms with Gasteiger partial charge in [0.05, 0.1) is 0 Å². The van der Waals surface area contributed by atoms with Crippen LogP contribution in [0.1, 0.15) is 45.4 Å². The van der Waals surface area contributed by atoms with Crippen LogP contribution in [-0.2, 0) is 0 Å². The normalized spacial score (nSPS) is 34.9. The Balaban J connectivity index is 2.00. The van der Waals surface area contributed by atoms with E-state index < -0.39 is 0 Å². The Morgan fingerprint density at radius 2 is 2.00 bits per heavy atom. The minimum Gasteiger partial charge on any atom is -0.154 e. The van der Waals surface area contributed by atoms with Gasteiger partial charge in [-0.2, -0.15) is 11.8 Å². The smallest absolute Gasteiger partial charge is 0.00871 e. The number of fused-ring (bicyclic) bond motifs is 2. The maximum Gasteiger partial charge on any atom is 0.00871 e. The predicted octanol–water partition coefficient (Wildman–Crippen LogP) is 3.77. The van der Waals surface area contributed by atoms with E-state index in [9.17, 15) is 0 Å². The van der Waals surface area contributed by atoms with Crippen molar-refractivity contribution >= 4 is 11.8 Å². The number of thioether (sulfide) groups is 1. The van der Waals surface area contributed by atoms with Crippen molar-refractivity contribution in [3.05, 3.63) is 11.6 Å².